The molecular weight excluding hydrogens is 332 g/mol. The number of likely N-dealkylation sites (N-methyl/N-ethyl adjacent to an activating group) is 1. The molecule has 0 spiro atoms. The molecule has 0 aromatic heterocycles. The van der Waals surface area contributed by atoms with Crippen LogP contribution in [0.2, 0.25) is 0 Å². The van der Waals surface area contributed by atoms with Gasteiger partial charge >= 0.3 is 5.97 Å². The first-order chi connectivity index (χ1) is 12.5. The number of carbonyl (C=O) groups excluding carboxylic acids is 2. The van der Waals surface area contributed by atoms with Gasteiger partial charge in [0.2, 0.25) is 11.8 Å². The summed E-state index contributed by atoms with van der Waals surface area (Å²) in [5.41, 5.74) is 0.883. The van der Waals surface area contributed by atoms with Gasteiger partial charge < -0.3 is 14.9 Å². The Labute approximate surface area is 153 Å². The number of carboxylic acids is 1. The fourth-order valence-corrected chi connectivity index (χ4v) is 3.64. The molecule has 2 atom stereocenters. The van der Waals surface area contributed by atoms with Gasteiger partial charge in [0.1, 0.15) is 6.04 Å². The third kappa shape index (κ3) is 4.23. The second-order valence-corrected chi connectivity index (χ2v) is 7.39. The van der Waals surface area contributed by atoms with Gasteiger partial charge in [-0.3, -0.25) is 9.59 Å². The number of carbonyl (C=O) groups is 3. The Morgan fingerprint density at radius 1 is 1.15 bits per heavy atom. The number of benzene rings is 1. The average Bonchev–Trinajstić information content (AvgIpc) is 3.50. The van der Waals surface area contributed by atoms with Crippen LogP contribution in [0.15, 0.2) is 30.3 Å². The van der Waals surface area contributed by atoms with E-state index in [2.05, 4.69) is 0 Å². The summed E-state index contributed by atoms with van der Waals surface area (Å²) < 4.78 is 0. The quantitative estimate of drug-likeness (QED) is 0.841. The third-order valence-electron chi connectivity index (χ3n) is 5.38. The number of aliphatic carboxylic acids is 1. The summed E-state index contributed by atoms with van der Waals surface area (Å²) in [4.78, 5) is 40.1. The summed E-state index contributed by atoms with van der Waals surface area (Å²) in [6.07, 6.45) is 3.67. The van der Waals surface area contributed by atoms with Crippen LogP contribution in [0.25, 0.3) is 0 Å². The van der Waals surface area contributed by atoms with E-state index < -0.39 is 12.0 Å². The first-order valence-corrected chi connectivity index (χ1v) is 9.29. The molecule has 1 heterocycles. The Morgan fingerprint density at radius 2 is 1.85 bits per heavy atom. The normalized spacial score (nSPS) is 21.1. The van der Waals surface area contributed by atoms with Crippen molar-refractivity contribution in [1.82, 2.24) is 9.80 Å². The molecule has 1 aromatic rings. The van der Waals surface area contributed by atoms with Gasteiger partial charge in [-0.2, -0.15) is 0 Å². The minimum absolute atomic E-state index is 0.145. The Kier molecular flexibility index (Phi) is 5.59. The summed E-state index contributed by atoms with van der Waals surface area (Å²) >= 11 is 0. The summed E-state index contributed by atoms with van der Waals surface area (Å²) in [6.45, 7) is 1.12. The van der Waals surface area contributed by atoms with Crippen LogP contribution >= 0.6 is 0 Å². The fourth-order valence-electron chi connectivity index (χ4n) is 3.64. The third-order valence-corrected chi connectivity index (χ3v) is 5.38. The van der Waals surface area contributed by atoms with Crippen molar-refractivity contribution in [2.75, 3.05) is 20.1 Å². The zero-order valence-corrected chi connectivity index (χ0v) is 15.1. The van der Waals surface area contributed by atoms with E-state index in [-0.39, 0.29) is 30.1 Å². The average molecular weight is 358 g/mol. The number of carboxylic acid groups (broad SMARTS) is 1. The van der Waals surface area contributed by atoms with E-state index in [0.29, 0.717) is 19.5 Å². The first kappa shape index (κ1) is 18.4. The summed E-state index contributed by atoms with van der Waals surface area (Å²) in [5, 5.41) is 9.62. The van der Waals surface area contributed by atoms with Crippen LogP contribution in [0, 0.1) is 11.8 Å². The molecule has 1 saturated heterocycles. The maximum Gasteiger partial charge on any atom is 0.326 e. The largest absolute Gasteiger partial charge is 0.480 e. The van der Waals surface area contributed by atoms with Gasteiger partial charge in [-0.25, -0.2) is 4.79 Å². The molecular formula is C20H26N2O4. The predicted molar refractivity (Wildman–Crippen MR) is 96.4 cm³/mol. The molecule has 26 heavy (non-hydrogen) atoms. The van der Waals surface area contributed by atoms with Gasteiger partial charge in [-0.15, -0.1) is 0 Å². The highest BCUT2D eigenvalue weighted by Crippen LogP contribution is 2.32. The number of hydrogen-bond donors (Lipinski definition) is 1. The monoisotopic (exact) mass is 358 g/mol. The van der Waals surface area contributed by atoms with Crippen LogP contribution in [-0.4, -0.2) is 58.9 Å². The molecule has 2 aliphatic rings. The molecule has 1 aliphatic carbocycles. The lowest BCUT2D eigenvalue weighted by Gasteiger charge is -2.35. The smallest absolute Gasteiger partial charge is 0.326 e. The zero-order valence-electron chi connectivity index (χ0n) is 15.1. The van der Waals surface area contributed by atoms with Crippen LogP contribution in [0.1, 0.15) is 31.2 Å². The van der Waals surface area contributed by atoms with Crippen molar-refractivity contribution in [2.45, 2.75) is 38.1 Å². The van der Waals surface area contributed by atoms with Gasteiger partial charge in [-0.05, 0) is 31.2 Å². The van der Waals surface area contributed by atoms with E-state index in [4.69, 9.17) is 0 Å². The second kappa shape index (κ2) is 7.89. The number of amides is 2. The van der Waals surface area contributed by atoms with Crippen molar-refractivity contribution in [3.05, 3.63) is 35.9 Å². The van der Waals surface area contributed by atoms with Gasteiger partial charge in [-0.1, -0.05) is 30.3 Å². The SMILES string of the molecule is CN(C(=O)C1CCCN(C(=O)C2CC2)C1)C(Cc1ccccc1)C(=O)O. The molecule has 1 N–H and O–H groups in total. The molecule has 1 aromatic carbocycles. The first-order valence-electron chi connectivity index (χ1n) is 9.29. The van der Waals surface area contributed by atoms with Crippen LogP contribution in [0.4, 0.5) is 0 Å². The number of likely N-dealkylation sites (tertiary alicyclic amines) is 1. The Balaban J connectivity index is 1.65. The van der Waals surface area contributed by atoms with E-state index >= 15 is 0 Å². The van der Waals surface area contributed by atoms with Crippen molar-refractivity contribution in [3.63, 3.8) is 0 Å². The van der Waals surface area contributed by atoms with Crippen LogP contribution in [-0.2, 0) is 20.8 Å². The molecule has 140 valence electrons. The molecule has 1 saturated carbocycles. The van der Waals surface area contributed by atoms with E-state index in [1.165, 1.54) is 4.90 Å². The standard InChI is InChI=1S/C20H26N2O4/c1-21(17(20(25)26)12-14-6-3-2-4-7-14)18(23)16-8-5-11-22(13-16)19(24)15-9-10-15/h2-4,6-7,15-17H,5,8-13H2,1H3,(H,25,26). The lowest BCUT2D eigenvalue weighted by molar-refractivity contribution is -0.152. The lowest BCUT2D eigenvalue weighted by Crippen LogP contribution is -2.51. The predicted octanol–water partition coefficient (Wildman–Crippen LogP) is 1.79. The van der Waals surface area contributed by atoms with Crippen LogP contribution < -0.4 is 0 Å². The van der Waals surface area contributed by atoms with Gasteiger partial charge in [0.15, 0.2) is 0 Å². The molecule has 0 radical (unpaired) electrons. The van der Waals surface area contributed by atoms with Crippen molar-refractivity contribution in [1.29, 1.82) is 0 Å². The molecule has 2 unspecified atom stereocenters. The second-order valence-electron chi connectivity index (χ2n) is 7.39. The summed E-state index contributed by atoms with van der Waals surface area (Å²) in [6, 6.07) is 8.42. The molecule has 1 aliphatic heterocycles. The minimum atomic E-state index is -1.01. The Morgan fingerprint density at radius 3 is 2.46 bits per heavy atom. The highest BCUT2D eigenvalue weighted by atomic mass is 16.4. The molecule has 2 fully saturated rings. The van der Waals surface area contributed by atoms with Gasteiger partial charge in [0.25, 0.3) is 0 Å². The molecule has 6 heteroatoms. The highest BCUT2D eigenvalue weighted by molar-refractivity contribution is 5.86. The van der Waals surface area contributed by atoms with Crippen molar-refractivity contribution >= 4 is 17.8 Å². The lowest BCUT2D eigenvalue weighted by atomic mass is 9.95. The molecule has 0 bridgehead atoms. The Hall–Kier alpha value is -2.37. The van der Waals surface area contributed by atoms with E-state index in [1.807, 2.05) is 30.3 Å². The van der Waals surface area contributed by atoms with E-state index in [0.717, 1.165) is 24.8 Å². The van der Waals surface area contributed by atoms with Crippen molar-refractivity contribution in [2.24, 2.45) is 11.8 Å². The van der Waals surface area contributed by atoms with Gasteiger partial charge in [0, 0.05) is 32.5 Å². The zero-order chi connectivity index (χ0) is 18.7. The van der Waals surface area contributed by atoms with Crippen molar-refractivity contribution in [3.8, 4) is 0 Å². The maximum atomic E-state index is 12.9. The number of rotatable bonds is 6. The molecule has 3 rings (SSSR count). The number of hydrogen-bond acceptors (Lipinski definition) is 3. The number of piperidine rings is 1. The molecule has 2 amide bonds. The topological polar surface area (TPSA) is 77.9 Å². The maximum absolute atomic E-state index is 12.9. The summed E-state index contributed by atoms with van der Waals surface area (Å²) in [7, 11) is 1.56. The fraction of sp³-hybridized carbons (Fsp3) is 0.550. The summed E-state index contributed by atoms with van der Waals surface area (Å²) in [5.74, 6) is -1.20. The minimum Gasteiger partial charge on any atom is -0.480 e. The van der Waals surface area contributed by atoms with Gasteiger partial charge in [0.05, 0.1) is 5.92 Å². The Bertz CT molecular complexity index is 672. The highest BCUT2D eigenvalue weighted by Gasteiger charge is 2.38. The van der Waals surface area contributed by atoms with Crippen LogP contribution in [0.5, 0.6) is 0 Å². The van der Waals surface area contributed by atoms with Crippen LogP contribution in [0.3, 0.4) is 0 Å². The van der Waals surface area contributed by atoms with Crippen molar-refractivity contribution < 1.29 is 19.5 Å². The van der Waals surface area contributed by atoms with E-state index in [9.17, 15) is 19.5 Å². The molecule has 6 nitrogen and oxygen atoms in total. The van der Waals surface area contributed by atoms with E-state index in [1.54, 1.807) is 11.9 Å². The number of nitrogens with zero attached hydrogens (tertiary/aromatic N) is 2.